The van der Waals surface area contributed by atoms with Crippen LogP contribution in [-0.4, -0.2) is 24.3 Å². The number of carbonyl (C=O) groups is 1. The highest BCUT2D eigenvalue weighted by Crippen LogP contribution is 2.28. The lowest BCUT2D eigenvalue weighted by Gasteiger charge is -2.33. The molecular weight excluding hydrogens is 338 g/mol. The van der Waals surface area contributed by atoms with E-state index >= 15 is 0 Å². The van der Waals surface area contributed by atoms with Crippen molar-refractivity contribution in [3.8, 4) is 6.07 Å². The topological polar surface area (TPSA) is 74.2 Å². The maximum atomic E-state index is 11.9. The average Bonchev–Trinajstić information content (AvgIpc) is 2.52. The summed E-state index contributed by atoms with van der Waals surface area (Å²) in [6, 6.07) is 7.70. The molecule has 0 radical (unpaired) electrons. The van der Waals surface area contributed by atoms with E-state index in [4.69, 9.17) is 21.6 Å². The third kappa shape index (κ3) is 6.13. The third-order valence-electron chi connectivity index (χ3n) is 4.26. The van der Waals surface area contributed by atoms with Crippen LogP contribution in [-0.2, 0) is 4.74 Å². The summed E-state index contributed by atoms with van der Waals surface area (Å²) in [6.45, 7) is 6.14. The maximum Gasteiger partial charge on any atom is 0.407 e. The molecule has 1 amide bonds. The van der Waals surface area contributed by atoms with Crippen molar-refractivity contribution in [1.82, 2.24) is 5.32 Å². The summed E-state index contributed by atoms with van der Waals surface area (Å²) in [5.74, 6) is 0.329. The molecule has 136 valence electrons. The molecule has 25 heavy (non-hydrogen) atoms. The summed E-state index contributed by atoms with van der Waals surface area (Å²) in [6.07, 6.45) is 4.03. The second-order valence-electron chi connectivity index (χ2n) is 7.48. The molecule has 1 aromatic rings. The summed E-state index contributed by atoms with van der Waals surface area (Å²) in [7, 11) is 0. The molecule has 0 spiro atoms. The van der Waals surface area contributed by atoms with E-state index in [1.807, 2.05) is 26.8 Å². The number of nitriles is 1. The molecule has 0 aliphatic heterocycles. The largest absolute Gasteiger partial charge is 0.444 e. The van der Waals surface area contributed by atoms with Gasteiger partial charge < -0.3 is 15.4 Å². The van der Waals surface area contributed by atoms with Crippen LogP contribution in [0, 0.1) is 17.2 Å². The number of benzene rings is 1. The number of rotatable bonds is 4. The Morgan fingerprint density at radius 3 is 2.72 bits per heavy atom. The highest BCUT2D eigenvalue weighted by atomic mass is 35.5. The van der Waals surface area contributed by atoms with E-state index in [1.54, 1.807) is 12.1 Å². The zero-order chi connectivity index (χ0) is 18.4. The molecule has 6 heteroatoms. The fourth-order valence-electron chi connectivity index (χ4n) is 3.08. The molecule has 2 unspecified atom stereocenters. The van der Waals surface area contributed by atoms with Gasteiger partial charge in [-0.25, -0.2) is 4.79 Å². The van der Waals surface area contributed by atoms with E-state index in [1.165, 1.54) is 0 Å². The van der Waals surface area contributed by atoms with Gasteiger partial charge in [-0.2, -0.15) is 5.26 Å². The zero-order valence-electron chi connectivity index (χ0n) is 15.1. The van der Waals surface area contributed by atoms with Gasteiger partial charge in [-0.15, -0.1) is 0 Å². The van der Waals surface area contributed by atoms with Gasteiger partial charge in [-0.1, -0.05) is 24.4 Å². The molecule has 1 aromatic carbocycles. The van der Waals surface area contributed by atoms with Crippen LogP contribution in [0.1, 0.15) is 52.0 Å². The Bertz CT molecular complexity index is 649. The Balaban J connectivity index is 1.95. The Hall–Kier alpha value is -1.93. The van der Waals surface area contributed by atoms with Gasteiger partial charge in [-0.3, -0.25) is 0 Å². The number of hydrogen-bond acceptors (Lipinski definition) is 4. The van der Waals surface area contributed by atoms with E-state index in [0.717, 1.165) is 31.4 Å². The Kier molecular flexibility index (Phi) is 6.55. The normalized spacial score (nSPS) is 20.4. The first-order valence-electron chi connectivity index (χ1n) is 8.71. The van der Waals surface area contributed by atoms with Gasteiger partial charge in [0.15, 0.2) is 0 Å². The van der Waals surface area contributed by atoms with Gasteiger partial charge in [0, 0.05) is 18.3 Å². The number of halogens is 1. The van der Waals surface area contributed by atoms with Crippen molar-refractivity contribution in [3.05, 3.63) is 28.8 Å². The van der Waals surface area contributed by atoms with Crippen LogP contribution in [0.25, 0.3) is 0 Å². The van der Waals surface area contributed by atoms with Crippen LogP contribution in [0.5, 0.6) is 0 Å². The van der Waals surface area contributed by atoms with Crippen LogP contribution in [0.2, 0.25) is 5.02 Å². The molecule has 0 heterocycles. The van der Waals surface area contributed by atoms with Crippen molar-refractivity contribution >= 4 is 23.4 Å². The average molecular weight is 364 g/mol. The lowest BCUT2D eigenvalue weighted by atomic mass is 9.84. The van der Waals surface area contributed by atoms with E-state index in [9.17, 15) is 4.79 Å². The fourth-order valence-corrected chi connectivity index (χ4v) is 3.30. The molecule has 1 aliphatic rings. The summed E-state index contributed by atoms with van der Waals surface area (Å²) in [5.41, 5.74) is 0.880. The van der Waals surface area contributed by atoms with Crippen LogP contribution in [0.4, 0.5) is 10.5 Å². The smallest absolute Gasteiger partial charge is 0.407 e. The number of nitrogens with zero attached hydrogens (tertiary/aromatic N) is 1. The fraction of sp³-hybridized carbons (Fsp3) is 0.579. The highest BCUT2D eigenvalue weighted by Gasteiger charge is 2.26. The van der Waals surface area contributed by atoms with Crippen molar-refractivity contribution in [3.63, 3.8) is 0 Å². The second kappa shape index (κ2) is 8.44. The van der Waals surface area contributed by atoms with Crippen molar-refractivity contribution < 1.29 is 9.53 Å². The minimum absolute atomic E-state index is 0.257. The quantitative estimate of drug-likeness (QED) is 0.812. The first-order chi connectivity index (χ1) is 11.8. The molecular formula is C19H26ClN3O2. The van der Waals surface area contributed by atoms with Gasteiger partial charge >= 0.3 is 6.09 Å². The number of alkyl carbamates (subject to hydrolysis) is 1. The molecule has 0 bridgehead atoms. The summed E-state index contributed by atoms with van der Waals surface area (Å²) in [4.78, 5) is 11.9. The number of ether oxygens (including phenoxy) is 1. The highest BCUT2D eigenvalue weighted by molar-refractivity contribution is 6.32. The van der Waals surface area contributed by atoms with E-state index in [0.29, 0.717) is 23.0 Å². The van der Waals surface area contributed by atoms with Gasteiger partial charge in [0.2, 0.25) is 0 Å². The Morgan fingerprint density at radius 1 is 1.36 bits per heavy atom. The van der Waals surface area contributed by atoms with Crippen LogP contribution in [0.15, 0.2) is 18.2 Å². The molecule has 2 rings (SSSR count). The first-order valence-corrected chi connectivity index (χ1v) is 9.09. The lowest BCUT2D eigenvalue weighted by Crippen LogP contribution is -2.42. The van der Waals surface area contributed by atoms with Crippen LogP contribution in [0.3, 0.4) is 0 Å². The van der Waals surface area contributed by atoms with E-state index < -0.39 is 5.60 Å². The number of nitrogens with one attached hydrogen (secondary N) is 2. The van der Waals surface area contributed by atoms with E-state index in [2.05, 4.69) is 16.7 Å². The van der Waals surface area contributed by atoms with Crippen LogP contribution < -0.4 is 10.6 Å². The van der Waals surface area contributed by atoms with Gasteiger partial charge in [0.25, 0.3) is 0 Å². The molecule has 2 atom stereocenters. The molecule has 1 fully saturated rings. The van der Waals surface area contributed by atoms with Crippen molar-refractivity contribution in [2.45, 2.75) is 58.1 Å². The van der Waals surface area contributed by atoms with Crippen molar-refractivity contribution in [2.75, 3.05) is 11.9 Å². The van der Waals surface area contributed by atoms with Crippen LogP contribution >= 0.6 is 11.6 Å². The molecule has 0 saturated heterocycles. The SMILES string of the molecule is CC(C)(C)OC(=O)NCC1CCCCC1Nc1ccc(C#N)c(Cl)c1. The predicted octanol–water partition coefficient (Wildman–Crippen LogP) is 4.71. The summed E-state index contributed by atoms with van der Waals surface area (Å²) in [5, 5.41) is 15.8. The maximum absolute atomic E-state index is 11.9. The van der Waals surface area contributed by atoms with Crippen molar-refractivity contribution in [1.29, 1.82) is 5.26 Å². The summed E-state index contributed by atoms with van der Waals surface area (Å²) >= 11 is 6.11. The van der Waals surface area contributed by atoms with E-state index in [-0.39, 0.29) is 12.1 Å². The van der Waals surface area contributed by atoms with Gasteiger partial charge in [0.1, 0.15) is 11.7 Å². The molecule has 5 nitrogen and oxygen atoms in total. The third-order valence-corrected chi connectivity index (χ3v) is 4.57. The Morgan fingerprint density at radius 2 is 2.08 bits per heavy atom. The number of carbonyl (C=O) groups excluding carboxylic acids is 1. The second-order valence-corrected chi connectivity index (χ2v) is 7.89. The molecule has 1 saturated carbocycles. The molecule has 0 aromatic heterocycles. The Labute approximate surface area is 154 Å². The summed E-state index contributed by atoms with van der Waals surface area (Å²) < 4.78 is 5.31. The minimum Gasteiger partial charge on any atom is -0.444 e. The predicted molar refractivity (Wildman–Crippen MR) is 99.8 cm³/mol. The molecule has 2 N–H and O–H groups in total. The number of hydrogen-bond donors (Lipinski definition) is 2. The standard InChI is InChI=1S/C19H26ClN3O2/c1-19(2,3)25-18(24)22-12-14-6-4-5-7-17(14)23-15-9-8-13(11-21)16(20)10-15/h8-10,14,17,23H,4-7,12H2,1-3H3,(H,22,24). The first kappa shape index (κ1) is 19.4. The number of amides is 1. The lowest BCUT2D eigenvalue weighted by molar-refractivity contribution is 0.0514. The minimum atomic E-state index is -0.493. The van der Waals surface area contributed by atoms with Gasteiger partial charge in [-0.05, 0) is 57.7 Å². The zero-order valence-corrected chi connectivity index (χ0v) is 15.8. The number of anilines is 1. The van der Waals surface area contributed by atoms with Crippen molar-refractivity contribution in [2.24, 2.45) is 5.92 Å². The monoisotopic (exact) mass is 363 g/mol. The van der Waals surface area contributed by atoms with Gasteiger partial charge in [0.05, 0.1) is 10.6 Å². The molecule has 1 aliphatic carbocycles.